The molecular weight excluding hydrogens is 238 g/mol. The molecule has 17 heavy (non-hydrogen) atoms. The van der Waals surface area contributed by atoms with E-state index >= 15 is 0 Å². The van der Waals surface area contributed by atoms with E-state index in [1.165, 1.54) is 4.31 Å². The molecule has 0 saturated carbocycles. The van der Waals surface area contributed by atoms with Crippen molar-refractivity contribution in [3.8, 4) is 0 Å². The summed E-state index contributed by atoms with van der Waals surface area (Å²) in [7, 11) is -3.34. The van der Waals surface area contributed by atoms with Crippen LogP contribution in [0.4, 0.5) is 0 Å². The average Bonchev–Trinajstić information content (AvgIpc) is 2.40. The molecule has 0 radical (unpaired) electrons. The van der Waals surface area contributed by atoms with Crippen molar-refractivity contribution in [3.05, 3.63) is 29.8 Å². The molecule has 0 amide bonds. The summed E-state index contributed by atoms with van der Waals surface area (Å²) >= 11 is 0. The smallest absolute Gasteiger partial charge is 0.243 e. The first-order chi connectivity index (χ1) is 8.14. The summed E-state index contributed by atoms with van der Waals surface area (Å²) in [5, 5.41) is 0. The summed E-state index contributed by atoms with van der Waals surface area (Å²) in [6, 6.07) is 7.15. The number of hydrogen-bond acceptors (Lipinski definition) is 3. The molecule has 1 heterocycles. The summed E-state index contributed by atoms with van der Waals surface area (Å²) in [5.41, 5.74) is 1.04. The number of sulfonamides is 1. The average molecular weight is 255 g/mol. The van der Waals surface area contributed by atoms with Gasteiger partial charge in [-0.05, 0) is 24.1 Å². The molecule has 0 spiro atoms. The van der Waals surface area contributed by atoms with E-state index < -0.39 is 10.0 Å². The molecular formula is C12H17NO3S. The lowest BCUT2D eigenvalue weighted by Crippen LogP contribution is -2.40. The highest BCUT2D eigenvalue weighted by Crippen LogP contribution is 2.18. The number of nitrogens with zero attached hydrogens (tertiary/aromatic N) is 1. The van der Waals surface area contributed by atoms with Gasteiger partial charge in [0.1, 0.15) is 0 Å². The third-order valence-electron chi connectivity index (χ3n) is 2.91. The maximum absolute atomic E-state index is 12.3. The van der Waals surface area contributed by atoms with Gasteiger partial charge in [-0.3, -0.25) is 0 Å². The largest absolute Gasteiger partial charge is 0.379 e. The van der Waals surface area contributed by atoms with E-state index in [2.05, 4.69) is 0 Å². The molecule has 1 fully saturated rings. The third kappa shape index (κ3) is 2.68. The fraction of sp³-hybridized carbons (Fsp3) is 0.500. The minimum Gasteiger partial charge on any atom is -0.379 e. The topological polar surface area (TPSA) is 46.6 Å². The Morgan fingerprint density at radius 1 is 1.29 bits per heavy atom. The van der Waals surface area contributed by atoms with Gasteiger partial charge in [-0.25, -0.2) is 8.42 Å². The van der Waals surface area contributed by atoms with Crippen molar-refractivity contribution >= 4 is 10.0 Å². The van der Waals surface area contributed by atoms with Gasteiger partial charge in [-0.2, -0.15) is 4.31 Å². The van der Waals surface area contributed by atoms with E-state index in [4.69, 9.17) is 4.74 Å². The number of ether oxygens (including phenoxy) is 1. The molecule has 1 saturated heterocycles. The number of morpholine rings is 1. The monoisotopic (exact) mass is 255 g/mol. The first-order valence-corrected chi connectivity index (χ1v) is 7.25. The molecule has 1 aromatic carbocycles. The summed E-state index contributed by atoms with van der Waals surface area (Å²) in [6.45, 7) is 3.86. The number of benzene rings is 1. The van der Waals surface area contributed by atoms with Crippen molar-refractivity contribution in [2.24, 2.45) is 0 Å². The van der Waals surface area contributed by atoms with E-state index in [1.54, 1.807) is 18.2 Å². The summed E-state index contributed by atoms with van der Waals surface area (Å²) in [6.07, 6.45) is 0.840. The van der Waals surface area contributed by atoms with Gasteiger partial charge in [0.2, 0.25) is 10.0 Å². The van der Waals surface area contributed by atoms with Crippen LogP contribution < -0.4 is 0 Å². The van der Waals surface area contributed by atoms with Crippen LogP contribution in [-0.2, 0) is 21.2 Å². The number of hydrogen-bond donors (Lipinski definition) is 0. The Labute approximate surface area is 102 Å². The zero-order valence-electron chi connectivity index (χ0n) is 9.93. The molecule has 0 aromatic heterocycles. The maximum atomic E-state index is 12.3. The zero-order valence-corrected chi connectivity index (χ0v) is 10.7. The number of aryl methyl sites for hydroxylation is 1. The molecule has 2 rings (SSSR count). The second-order valence-corrected chi connectivity index (χ2v) is 5.96. The lowest BCUT2D eigenvalue weighted by molar-refractivity contribution is 0.0730. The van der Waals surface area contributed by atoms with Gasteiger partial charge in [0.25, 0.3) is 0 Å². The predicted molar refractivity (Wildman–Crippen MR) is 65.4 cm³/mol. The minimum atomic E-state index is -3.34. The molecule has 0 atom stereocenters. The van der Waals surface area contributed by atoms with Gasteiger partial charge in [-0.15, -0.1) is 0 Å². The van der Waals surface area contributed by atoms with E-state index in [0.29, 0.717) is 31.2 Å². The Hall–Kier alpha value is -0.910. The normalized spacial score (nSPS) is 18.2. The van der Waals surface area contributed by atoms with Crippen molar-refractivity contribution in [1.29, 1.82) is 0 Å². The molecule has 0 bridgehead atoms. The van der Waals surface area contributed by atoms with Crippen LogP contribution in [0.5, 0.6) is 0 Å². The van der Waals surface area contributed by atoms with Crippen LogP contribution in [0.2, 0.25) is 0 Å². The van der Waals surface area contributed by atoms with E-state index in [1.807, 2.05) is 13.0 Å². The lowest BCUT2D eigenvalue weighted by atomic mass is 10.2. The van der Waals surface area contributed by atoms with Crippen LogP contribution in [0, 0.1) is 0 Å². The minimum absolute atomic E-state index is 0.388. The van der Waals surface area contributed by atoms with Crippen molar-refractivity contribution in [2.75, 3.05) is 26.3 Å². The van der Waals surface area contributed by atoms with Crippen molar-refractivity contribution in [2.45, 2.75) is 18.2 Å². The van der Waals surface area contributed by atoms with Gasteiger partial charge in [-0.1, -0.05) is 19.1 Å². The standard InChI is InChI=1S/C12H17NO3S/c1-2-11-4-3-5-12(10-11)17(14,15)13-6-8-16-9-7-13/h3-5,10H,2,6-9H2,1H3. The predicted octanol–water partition coefficient (Wildman–Crippen LogP) is 1.27. The third-order valence-corrected chi connectivity index (χ3v) is 4.81. The SMILES string of the molecule is CCc1cccc(S(=O)(=O)N2CCOCC2)c1. The summed E-state index contributed by atoms with van der Waals surface area (Å²) in [4.78, 5) is 0.388. The molecule has 4 nitrogen and oxygen atoms in total. The zero-order chi connectivity index (χ0) is 12.3. The molecule has 1 aromatic rings. The van der Waals surface area contributed by atoms with Crippen LogP contribution in [-0.4, -0.2) is 39.0 Å². The van der Waals surface area contributed by atoms with Crippen molar-refractivity contribution in [1.82, 2.24) is 4.31 Å². The molecule has 0 unspecified atom stereocenters. The molecule has 94 valence electrons. The first-order valence-electron chi connectivity index (χ1n) is 5.81. The molecule has 0 N–H and O–H groups in total. The second kappa shape index (κ2) is 5.16. The van der Waals surface area contributed by atoms with Gasteiger partial charge in [0.05, 0.1) is 18.1 Å². The Bertz CT molecular complexity index is 478. The summed E-state index contributed by atoms with van der Waals surface area (Å²) < 4.78 is 31.3. The van der Waals surface area contributed by atoms with E-state index in [0.717, 1.165) is 12.0 Å². The Kier molecular flexibility index (Phi) is 3.81. The highest BCUT2D eigenvalue weighted by atomic mass is 32.2. The van der Waals surface area contributed by atoms with Crippen LogP contribution in [0.25, 0.3) is 0 Å². The quantitative estimate of drug-likeness (QED) is 0.817. The van der Waals surface area contributed by atoms with Crippen LogP contribution in [0.15, 0.2) is 29.2 Å². The fourth-order valence-electron chi connectivity index (χ4n) is 1.86. The molecule has 0 aliphatic carbocycles. The molecule has 1 aliphatic heterocycles. The number of rotatable bonds is 3. The fourth-order valence-corrected chi connectivity index (χ4v) is 3.34. The van der Waals surface area contributed by atoms with Crippen LogP contribution >= 0.6 is 0 Å². The first kappa shape index (κ1) is 12.5. The maximum Gasteiger partial charge on any atom is 0.243 e. The lowest BCUT2D eigenvalue weighted by Gasteiger charge is -2.26. The van der Waals surface area contributed by atoms with E-state index in [9.17, 15) is 8.42 Å². The highest BCUT2D eigenvalue weighted by Gasteiger charge is 2.26. The molecule has 1 aliphatic rings. The van der Waals surface area contributed by atoms with Crippen molar-refractivity contribution < 1.29 is 13.2 Å². The Balaban J connectivity index is 2.29. The van der Waals surface area contributed by atoms with Gasteiger partial charge in [0.15, 0.2) is 0 Å². The van der Waals surface area contributed by atoms with Crippen LogP contribution in [0.3, 0.4) is 0 Å². The Morgan fingerprint density at radius 2 is 2.00 bits per heavy atom. The van der Waals surface area contributed by atoms with Crippen molar-refractivity contribution in [3.63, 3.8) is 0 Å². The van der Waals surface area contributed by atoms with E-state index in [-0.39, 0.29) is 0 Å². The molecule has 5 heteroatoms. The highest BCUT2D eigenvalue weighted by molar-refractivity contribution is 7.89. The van der Waals surface area contributed by atoms with Gasteiger partial charge in [0, 0.05) is 13.1 Å². The summed E-state index contributed by atoms with van der Waals surface area (Å²) in [5.74, 6) is 0. The second-order valence-electron chi connectivity index (χ2n) is 4.02. The Morgan fingerprint density at radius 3 is 2.65 bits per heavy atom. The van der Waals surface area contributed by atoms with Gasteiger partial charge >= 0.3 is 0 Å². The van der Waals surface area contributed by atoms with Crippen LogP contribution in [0.1, 0.15) is 12.5 Å². The van der Waals surface area contributed by atoms with Gasteiger partial charge < -0.3 is 4.74 Å².